The second-order valence-electron chi connectivity index (χ2n) is 5.36. The van der Waals surface area contributed by atoms with E-state index in [1.165, 1.54) is 32.7 Å². The molecule has 1 unspecified atom stereocenters. The Kier molecular flexibility index (Phi) is 7.29. The number of piperazine rings is 1. The summed E-state index contributed by atoms with van der Waals surface area (Å²) in [6.45, 7) is 11.0. The lowest BCUT2D eigenvalue weighted by atomic mass is 10.2. The van der Waals surface area contributed by atoms with Crippen LogP contribution in [0.15, 0.2) is 0 Å². The first-order valence-electron chi connectivity index (χ1n) is 6.88. The molecule has 0 aromatic heterocycles. The van der Waals surface area contributed by atoms with Gasteiger partial charge in [0, 0.05) is 51.9 Å². The van der Waals surface area contributed by atoms with E-state index >= 15 is 0 Å². The van der Waals surface area contributed by atoms with E-state index in [-0.39, 0.29) is 0 Å². The van der Waals surface area contributed by atoms with E-state index in [9.17, 15) is 0 Å². The molecule has 1 fully saturated rings. The molecule has 1 atom stereocenters. The van der Waals surface area contributed by atoms with Crippen molar-refractivity contribution in [2.24, 2.45) is 0 Å². The maximum atomic E-state index is 5.23. The average Bonchev–Trinajstić information content (AvgIpc) is 2.37. The van der Waals surface area contributed by atoms with E-state index in [1.54, 1.807) is 0 Å². The molecule has 0 amide bonds. The topological polar surface area (TPSA) is 21.8 Å². The minimum Gasteiger partial charge on any atom is -0.308 e. The first kappa shape index (κ1) is 15.5. The Morgan fingerprint density at radius 1 is 1.28 bits per heavy atom. The fourth-order valence-electron chi connectivity index (χ4n) is 2.25. The maximum absolute atomic E-state index is 5.23. The van der Waals surface area contributed by atoms with Crippen molar-refractivity contribution >= 4 is 0 Å². The molecular formula is C14H28N4. The summed E-state index contributed by atoms with van der Waals surface area (Å²) in [5.41, 5.74) is 0. The van der Waals surface area contributed by atoms with Crippen LogP contribution in [0.5, 0.6) is 0 Å². The SMILES string of the molecule is C#CCNCC(C)N1CCN(CCN(C)C)CC1. The molecule has 0 spiro atoms. The minimum absolute atomic E-state index is 0.578. The molecule has 4 nitrogen and oxygen atoms in total. The van der Waals surface area contributed by atoms with E-state index < -0.39 is 0 Å². The molecule has 0 saturated carbocycles. The van der Waals surface area contributed by atoms with Gasteiger partial charge in [0.05, 0.1) is 6.54 Å². The van der Waals surface area contributed by atoms with Crippen LogP contribution in [0.25, 0.3) is 0 Å². The van der Waals surface area contributed by atoms with Gasteiger partial charge in [-0.15, -0.1) is 6.42 Å². The van der Waals surface area contributed by atoms with Gasteiger partial charge in [-0.3, -0.25) is 9.80 Å². The first-order chi connectivity index (χ1) is 8.63. The fourth-order valence-corrected chi connectivity index (χ4v) is 2.25. The second-order valence-corrected chi connectivity index (χ2v) is 5.36. The lowest BCUT2D eigenvalue weighted by Gasteiger charge is -2.38. The highest BCUT2D eigenvalue weighted by Crippen LogP contribution is 2.05. The number of hydrogen-bond donors (Lipinski definition) is 1. The monoisotopic (exact) mass is 252 g/mol. The predicted octanol–water partition coefficient (Wildman–Crippen LogP) is -0.223. The summed E-state index contributed by atoms with van der Waals surface area (Å²) in [4.78, 5) is 7.35. The number of likely N-dealkylation sites (N-methyl/N-ethyl adjacent to an activating group) is 1. The number of hydrogen-bond acceptors (Lipinski definition) is 4. The van der Waals surface area contributed by atoms with Crippen LogP contribution in [0, 0.1) is 12.3 Å². The van der Waals surface area contributed by atoms with Gasteiger partial charge >= 0.3 is 0 Å². The van der Waals surface area contributed by atoms with E-state index in [2.05, 4.69) is 47.0 Å². The van der Waals surface area contributed by atoms with Crippen molar-refractivity contribution < 1.29 is 0 Å². The van der Waals surface area contributed by atoms with Gasteiger partial charge in [0.1, 0.15) is 0 Å². The van der Waals surface area contributed by atoms with Crippen LogP contribution in [0.3, 0.4) is 0 Å². The Morgan fingerprint density at radius 3 is 2.50 bits per heavy atom. The molecule has 1 aliphatic heterocycles. The van der Waals surface area contributed by atoms with Crippen LogP contribution in [-0.4, -0.2) is 87.2 Å². The zero-order valence-electron chi connectivity index (χ0n) is 12.2. The van der Waals surface area contributed by atoms with Gasteiger partial charge in [-0.1, -0.05) is 5.92 Å². The van der Waals surface area contributed by atoms with E-state index in [0.29, 0.717) is 12.6 Å². The Bertz CT molecular complexity index is 251. The van der Waals surface area contributed by atoms with Crippen molar-refractivity contribution in [2.75, 3.05) is 66.5 Å². The smallest absolute Gasteiger partial charge is 0.0574 e. The molecule has 0 radical (unpaired) electrons. The lowest BCUT2D eigenvalue weighted by molar-refractivity contribution is 0.0974. The Morgan fingerprint density at radius 2 is 1.94 bits per heavy atom. The normalized spacial score (nSPS) is 19.9. The van der Waals surface area contributed by atoms with Crippen LogP contribution in [0.2, 0.25) is 0 Å². The highest BCUT2D eigenvalue weighted by molar-refractivity contribution is 4.87. The molecular weight excluding hydrogens is 224 g/mol. The number of nitrogens with zero attached hydrogens (tertiary/aromatic N) is 3. The molecule has 1 N–H and O–H groups in total. The van der Waals surface area contributed by atoms with Crippen molar-refractivity contribution in [1.82, 2.24) is 20.0 Å². The van der Waals surface area contributed by atoms with Crippen molar-refractivity contribution in [2.45, 2.75) is 13.0 Å². The first-order valence-corrected chi connectivity index (χ1v) is 6.88. The number of nitrogens with one attached hydrogen (secondary N) is 1. The van der Waals surface area contributed by atoms with Gasteiger partial charge in [0.15, 0.2) is 0 Å². The molecule has 0 aromatic rings. The summed E-state index contributed by atoms with van der Waals surface area (Å²) in [7, 11) is 4.27. The molecule has 18 heavy (non-hydrogen) atoms. The van der Waals surface area contributed by atoms with Gasteiger partial charge in [0.25, 0.3) is 0 Å². The summed E-state index contributed by atoms with van der Waals surface area (Å²) >= 11 is 0. The molecule has 1 heterocycles. The second kappa shape index (κ2) is 8.49. The van der Waals surface area contributed by atoms with Crippen molar-refractivity contribution in [1.29, 1.82) is 0 Å². The van der Waals surface area contributed by atoms with Crippen molar-refractivity contribution in [3.05, 3.63) is 0 Å². The van der Waals surface area contributed by atoms with Gasteiger partial charge in [-0.05, 0) is 21.0 Å². The number of rotatable bonds is 7. The highest BCUT2D eigenvalue weighted by atomic mass is 15.3. The van der Waals surface area contributed by atoms with Crippen LogP contribution in [0.4, 0.5) is 0 Å². The molecule has 4 heteroatoms. The third-order valence-electron chi connectivity index (χ3n) is 3.56. The minimum atomic E-state index is 0.578. The Balaban J connectivity index is 2.16. The van der Waals surface area contributed by atoms with Crippen molar-refractivity contribution in [3.63, 3.8) is 0 Å². The zero-order valence-corrected chi connectivity index (χ0v) is 12.2. The van der Waals surface area contributed by atoms with Gasteiger partial charge in [-0.25, -0.2) is 0 Å². The Hall–Kier alpha value is -0.600. The predicted molar refractivity (Wildman–Crippen MR) is 77.7 cm³/mol. The van der Waals surface area contributed by atoms with Crippen LogP contribution in [-0.2, 0) is 0 Å². The average molecular weight is 252 g/mol. The van der Waals surface area contributed by atoms with Crippen LogP contribution in [0.1, 0.15) is 6.92 Å². The standard InChI is InChI=1S/C14H28N4/c1-5-6-15-13-14(2)18-11-9-17(10-12-18)8-7-16(3)4/h1,14-15H,6-13H2,2-4H3. The molecule has 1 rings (SSSR count). The molecule has 1 aliphatic rings. The van der Waals surface area contributed by atoms with E-state index in [4.69, 9.17) is 6.42 Å². The summed E-state index contributed by atoms with van der Waals surface area (Å²) in [5, 5.41) is 3.29. The van der Waals surface area contributed by atoms with E-state index in [1.807, 2.05) is 0 Å². The molecule has 0 bridgehead atoms. The number of terminal acetylenes is 1. The van der Waals surface area contributed by atoms with Crippen LogP contribution >= 0.6 is 0 Å². The maximum Gasteiger partial charge on any atom is 0.0574 e. The third-order valence-corrected chi connectivity index (χ3v) is 3.56. The molecule has 0 aliphatic carbocycles. The van der Waals surface area contributed by atoms with Gasteiger partial charge < -0.3 is 10.2 Å². The zero-order chi connectivity index (χ0) is 13.4. The summed E-state index contributed by atoms with van der Waals surface area (Å²) < 4.78 is 0. The molecule has 104 valence electrons. The fraction of sp³-hybridized carbons (Fsp3) is 0.857. The van der Waals surface area contributed by atoms with Crippen molar-refractivity contribution in [3.8, 4) is 12.3 Å². The quantitative estimate of drug-likeness (QED) is 0.499. The third kappa shape index (κ3) is 5.83. The summed E-state index contributed by atoms with van der Waals surface area (Å²) in [6.07, 6.45) is 5.23. The van der Waals surface area contributed by atoms with Gasteiger partial charge in [0.2, 0.25) is 0 Å². The summed E-state index contributed by atoms with van der Waals surface area (Å²) in [6, 6.07) is 0.578. The largest absolute Gasteiger partial charge is 0.308 e. The summed E-state index contributed by atoms with van der Waals surface area (Å²) in [5.74, 6) is 2.62. The molecule has 1 saturated heterocycles. The Labute approximate surface area is 112 Å². The van der Waals surface area contributed by atoms with Gasteiger partial charge in [-0.2, -0.15) is 0 Å². The lowest BCUT2D eigenvalue weighted by Crippen LogP contribution is -2.52. The van der Waals surface area contributed by atoms with E-state index in [0.717, 1.165) is 13.1 Å². The highest BCUT2D eigenvalue weighted by Gasteiger charge is 2.20. The van der Waals surface area contributed by atoms with Crippen LogP contribution < -0.4 is 5.32 Å². The molecule has 0 aromatic carbocycles.